The van der Waals surface area contributed by atoms with Crippen molar-refractivity contribution in [2.45, 2.75) is 40.7 Å². The number of rotatable bonds is 9. The summed E-state index contributed by atoms with van der Waals surface area (Å²) in [4.78, 5) is 54.5. The van der Waals surface area contributed by atoms with Crippen LogP contribution in [0.25, 0.3) is 17.0 Å². The number of carbonyl (C=O) groups is 4. The van der Waals surface area contributed by atoms with Crippen LogP contribution < -0.4 is 0 Å². The molecule has 0 spiro atoms. The maximum atomic E-state index is 13.1. The zero-order valence-corrected chi connectivity index (χ0v) is 22.4. The van der Waals surface area contributed by atoms with E-state index in [0.29, 0.717) is 18.7 Å². The van der Waals surface area contributed by atoms with Crippen molar-refractivity contribution >= 4 is 51.6 Å². The average molecular weight is 518 g/mol. The minimum atomic E-state index is -0.484. The third kappa shape index (κ3) is 5.39. The number of amides is 3. The molecule has 4 rings (SSSR count). The summed E-state index contributed by atoms with van der Waals surface area (Å²) in [7, 11) is 0. The molecule has 2 aromatic carbocycles. The number of para-hydroxylation sites is 1. The summed E-state index contributed by atoms with van der Waals surface area (Å²) in [6.07, 6.45) is 4.36. The van der Waals surface area contributed by atoms with Gasteiger partial charge in [-0.2, -0.15) is 0 Å². The maximum absolute atomic E-state index is 13.1. The number of hydrogen-bond acceptors (Lipinski definition) is 5. The van der Waals surface area contributed by atoms with E-state index in [0.717, 1.165) is 50.7 Å². The fourth-order valence-electron chi connectivity index (χ4n) is 4.56. The molecule has 0 radical (unpaired) electrons. The Bertz CT molecular complexity index is 1400. The Morgan fingerprint density at radius 1 is 0.973 bits per heavy atom. The first-order valence-electron chi connectivity index (χ1n) is 12.5. The normalized spacial score (nSPS) is 14.7. The van der Waals surface area contributed by atoms with Crippen LogP contribution in [0.15, 0.2) is 53.6 Å². The zero-order valence-electron chi connectivity index (χ0n) is 21.6. The molecule has 7 nitrogen and oxygen atoms in total. The van der Waals surface area contributed by atoms with Gasteiger partial charge in [-0.15, -0.1) is 0 Å². The van der Waals surface area contributed by atoms with Crippen LogP contribution in [-0.4, -0.2) is 56.8 Å². The number of fused-ring (bicyclic) bond motifs is 1. The molecular weight excluding hydrogens is 486 g/mol. The van der Waals surface area contributed by atoms with Gasteiger partial charge in [0.2, 0.25) is 5.91 Å². The van der Waals surface area contributed by atoms with Crippen LogP contribution in [0.3, 0.4) is 0 Å². The number of imide groups is 1. The first-order valence-corrected chi connectivity index (χ1v) is 13.3. The van der Waals surface area contributed by atoms with Crippen molar-refractivity contribution in [3.8, 4) is 0 Å². The van der Waals surface area contributed by atoms with Crippen molar-refractivity contribution in [1.82, 2.24) is 14.4 Å². The van der Waals surface area contributed by atoms with Gasteiger partial charge < -0.3 is 9.47 Å². The lowest BCUT2D eigenvalue weighted by Gasteiger charge is -2.19. The van der Waals surface area contributed by atoms with Crippen LogP contribution in [0.2, 0.25) is 0 Å². The van der Waals surface area contributed by atoms with E-state index in [-0.39, 0.29) is 29.7 Å². The molecule has 2 heterocycles. The molecule has 0 atom stereocenters. The highest BCUT2D eigenvalue weighted by molar-refractivity contribution is 8.18. The Morgan fingerprint density at radius 2 is 1.68 bits per heavy atom. The van der Waals surface area contributed by atoms with Gasteiger partial charge in [-0.25, -0.2) is 0 Å². The molecule has 0 aliphatic carbocycles. The van der Waals surface area contributed by atoms with Gasteiger partial charge in [0, 0.05) is 35.8 Å². The van der Waals surface area contributed by atoms with Crippen molar-refractivity contribution in [3.63, 3.8) is 0 Å². The van der Waals surface area contributed by atoms with Gasteiger partial charge in [-0.05, 0) is 50.6 Å². The smallest absolute Gasteiger partial charge is 0.293 e. The first kappa shape index (κ1) is 26.4. The molecule has 1 aromatic heterocycles. The second-order valence-electron chi connectivity index (χ2n) is 9.00. The summed E-state index contributed by atoms with van der Waals surface area (Å²) in [5.74, 6) is -0.751. The highest BCUT2D eigenvalue weighted by Gasteiger charge is 2.36. The van der Waals surface area contributed by atoms with E-state index in [2.05, 4.69) is 6.92 Å². The van der Waals surface area contributed by atoms with Gasteiger partial charge in [0.1, 0.15) is 6.54 Å². The number of aromatic nitrogens is 1. The fraction of sp³-hybridized carbons (Fsp3) is 0.310. The zero-order chi connectivity index (χ0) is 26.7. The van der Waals surface area contributed by atoms with E-state index in [4.69, 9.17) is 0 Å². The quantitative estimate of drug-likeness (QED) is 0.284. The van der Waals surface area contributed by atoms with Gasteiger partial charge in [0.05, 0.1) is 17.0 Å². The van der Waals surface area contributed by atoms with E-state index in [1.54, 1.807) is 23.1 Å². The summed E-state index contributed by atoms with van der Waals surface area (Å²) in [6.45, 7) is 9.06. The molecule has 8 heteroatoms. The van der Waals surface area contributed by atoms with Crippen LogP contribution in [0.1, 0.15) is 47.8 Å². The van der Waals surface area contributed by atoms with Crippen molar-refractivity contribution in [2.75, 3.05) is 19.6 Å². The predicted octanol–water partition coefficient (Wildman–Crippen LogP) is 5.30. The van der Waals surface area contributed by atoms with Crippen molar-refractivity contribution < 1.29 is 19.2 Å². The first-order chi connectivity index (χ1) is 17.8. The molecule has 3 amide bonds. The van der Waals surface area contributed by atoms with Crippen molar-refractivity contribution in [2.24, 2.45) is 0 Å². The Labute approximate surface area is 221 Å². The largest absolute Gasteiger partial charge is 0.342 e. The Kier molecular flexibility index (Phi) is 7.97. The van der Waals surface area contributed by atoms with E-state index in [1.165, 1.54) is 0 Å². The Morgan fingerprint density at radius 3 is 2.32 bits per heavy atom. The summed E-state index contributed by atoms with van der Waals surface area (Å²) in [6, 6.07) is 13.0. The molecule has 0 bridgehead atoms. The summed E-state index contributed by atoms with van der Waals surface area (Å²) in [5, 5.41) is 0.445. The second-order valence-corrected chi connectivity index (χ2v) is 10.00. The van der Waals surface area contributed by atoms with Gasteiger partial charge >= 0.3 is 0 Å². The lowest BCUT2D eigenvalue weighted by atomic mass is 10.1. The average Bonchev–Trinajstić information content (AvgIpc) is 3.36. The van der Waals surface area contributed by atoms with E-state index < -0.39 is 11.1 Å². The molecular formula is C29H31N3O4S. The third-order valence-electron chi connectivity index (χ3n) is 6.65. The SMILES string of the molecule is CCc1cccc2c(/C=C3\SC(=O)N(CC(=O)c4ccc(C)cc4)C3=O)cn(CC(=O)N(CC)CC)c12. The highest BCUT2D eigenvalue weighted by Crippen LogP contribution is 2.35. The molecule has 1 aliphatic rings. The molecule has 3 aromatic rings. The summed E-state index contributed by atoms with van der Waals surface area (Å²) < 4.78 is 1.94. The van der Waals surface area contributed by atoms with Gasteiger partial charge in [0.25, 0.3) is 11.1 Å². The van der Waals surface area contributed by atoms with Crippen LogP contribution in [0.4, 0.5) is 4.79 Å². The van der Waals surface area contributed by atoms with Gasteiger partial charge in [-0.3, -0.25) is 24.1 Å². The lowest BCUT2D eigenvalue weighted by Crippen LogP contribution is -2.33. The fourth-order valence-corrected chi connectivity index (χ4v) is 5.39. The van der Waals surface area contributed by atoms with Crippen LogP contribution >= 0.6 is 11.8 Å². The Balaban J connectivity index is 1.65. The van der Waals surface area contributed by atoms with Crippen LogP contribution in [0.5, 0.6) is 0 Å². The molecule has 1 aliphatic heterocycles. The number of hydrogen-bond donors (Lipinski definition) is 0. The lowest BCUT2D eigenvalue weighted by molar-refractivity contribution is -0.131. The summed E-state index contributed by atoms with van der Waals surface area (Å²) in [5.41, 5.74) is 4.29. The number of Topliss-reactive ketones (excluding diaryl/α,β-unsaturated/α-hetero) is 1. The molecule has 192 valence electrons. The minimum absolute atomic E-state index is 0.0225. The monoisotopic (exact) mass is 517 g/mol. The van der Waals surface area contributed by atoms with Crippen LogP contribution in [0, 0.1) is 6.92 Å². The molecule has 0 unspecified atom stereocenters. The standard InChI is InChI=1S/C29H31N3O4S/c1-5-20-9-8-10-23-22(16-31(27(20)23)18-26(34)30(6-2)7-3)15-25-28(35)32(29(36)37-25)17-24(33)21-13-11-19(4)12-14-21/h8-16H,5-7,17-18H2,1-4H3/b25-15-. The molecule has 0 saturated carbocycles. The topological polar surface area (TPSA) is 79.7 Å². The maximum Gasteiger partial charge on any atom is 0.293 e. The molecule has 1 saturated heterocycles. The number of likely N-dealkylation sites (N-methyl/N-ethyl adjacent to an activating group) is 1. The molecule has 0 N–H and O–H groups in total. The minimum Gasteiger partial charge on any atom is -0.342 e. The van der Waals surface area contributed by atoms with Crippen molar-refractivity contribution in [1.29, 1.82) is 0 Å². The van der Waals surface area contributed by atoms with E-state index in [9.17, 15) is 19.2 Å². The number of aryl methyl sites for hydroxylation is 2. The van der Waals surface area contributed by atoms with Gasteiger partial charge in [0.15, 0.2) is 5.78 Å². The van der Waals surface area contributed by atoms with E-state index >= 15 is 0 Å². The number of nitrogens with zero attached hydrogens (tertiary/aromatic N) is 3. The van der Waals surface area contributed by atoms with E-state index in [1.807, 2.05) is 61.9 Å². The number of benzene rings is 2. The third-order valence-corrected chi connectivity index (χ3v) is 7.56. The highest BCUT2D eigenvalue weighted by atomic mass is 32.2. The molecule has 1 fully saturated rings. The number of carbonyl (C=O) groups excluding carboxylic acids is 4. The number of ketones is 1. The van der Waals surface area contributed by atoms with Crippen LogP contribution in [-0.2, 0) is 22.6 Å². The van der Waals surface area contributed by atoms with Crippen molar-refractivity contribution in [3.05, 3.63) is 75.8 Å². The Hall–Kier alpha value is -3.65. The number of thioether (sulfide) groups is 1. The van der Waals surface area contributed by atoms with Gasteiger partial charge in [-0.1, -0.05) is 55.0 Å². The predicted molar refractivity (Wildman–Crippen MR) is 147 cm³/mol. The molecule has 37 heavy (non-hydrogen) atoms. The second kappa shape index (κ2) is 11.2. The summed E-state index contributed by atoms with van der Waals surface area (Å²) >= 11 is 0.832.